The molecule has 1 fully saturated rings. The van der Waals surface area contributed by atoms with Crippen LogP contribution in [0.2, 0.25) is 0 Å². The van der Waals surface area contributed by atoms with Gasteiger partial charge in [-0.15, -0.1) is 0 Å². The number of anilines is 2. The number of pyridine rings is 1. The Morgan fingerprint density at radius 2 is 1.82 bits per heavy atom. The Morgan fingerprint density at radius 3 is 2.45 bits per heavy atom. The molecule has 8 heteroatoms. The second kappa shape index (κ2) is 6.08. The molecule has 1 aliphatic heterocycles. The lowest BCUT2D eigenvalue weighted by Gasteiger charge is -2.36. The van der Waals surface area contributed by atoms with Gasteiger partial charge in [-0.05, 0) is 6.07 Å². The van der Waals surface area contributed by atoms with Gasteiger partial charge >= 0.3 is 0 Å². The maximum absolute atomic E-state index is 12.7. The van der Waals surface area contributed by atoms with Gasteiger partial charge in [0, 0.05) is 44.5 Å². The maximum Gasteiger partial charge on any atom is 0.280 e. The summed E-state index contributed by atoms with van der Waals surface area (Å²) in [5.74, 6) is 0.520. The van der Waals surface area contributed by atoms with E-state index in [9.17, 15) is 13.6 Å². The average Bonchev–Trinajstić information content (AvgIpc) is 2.56. The SMILES string of the molecule is O=c1ccc(N2CCN(c3cc(C(F)F)ncn3)CC2)c[nH]1. The lowest BCUT2D eigenvalue weighted by molar-refractivity contribution is 0.146. The smallest absolute Gasteiger partial charge is 0.280 e. The molecule has 0 aliphatic carbocycles. The van der Waals surface area contributed by atoms with Gasteiger partial charge in [-0.3, -0.25) is 4.79 Å². The number of nitrogens with zero attached hydrogens (tertiary/aromatic N) is 4. The second-order valence-corrected chi connectivity index (χ2v) is 4.99. The zero-order valence-corrected chi connectivity index (χ0v) is 11.7. The molecular formula is C14H15F2N5O. The summed E-state index contributed by atoms with van der Waals surface area (Å²) in [5.41, 5.74) is 0.547. The minimum absolute atomic E-state index is 0.136. The third kappa shape index (κ3) is 3.05. The number of hydrogen-bond acceptors (Lipinski definition) is 5. The zero-order chi connectivity index (χ0) is 15.5. The number of piperazine rings is 1. The van der Waals surface area contributed by atoms with Crippen molar-refractivity contribution in [3.05, 3.63) is 46.8 Å². The van der Waals surface area contributed by atoms with E-state index in [2.05, 4.69) is 19.9 Å². The Bertz CT molecular complexity index is 677. The molecule has 116 valence electrons. The van der Waals surface area contributed by atoms with Gasteiger partial charge in [0.1, 0.15) is 17.8 Å². The maximum atomic E-state index is 12.7. The van der Waals surface area contributed by atoms with Crippen molar-refractivity contribution in [2.24, 2.45) is 0 Å². The fourth-order valence-electron chi connectivity index (χ4n) is 2.45. The summed E-state index contributed by atoms with van der Waals surface area (Å²) in [6.07, 6.45) is 0.257. The molecule has 3 rings (SSSR count). The topological polar surface area (TPSA) is 65.1 Å². The molecule has 3 heterocycles. The van der Waals surface area contributed by atoms with Crippen LogP contribution in [0.3, 0.4) is 0 Å². The highest BCUT2D eigenvalue weighted by Crippen LogP contribution is 2.22. The third-order valence-corrected chi connectivity index (χ3v) is 3.63. The summed E-state index contributed by atoms with van der Waals surface area (Å²) in [6.45, 7) is 2.78. The number of H-pyrrole nitrogens is 1. The van der Waals surface area contributed by atoms with Crippen LogP contribution in [0.1, 0.15) is 12.1 Å². The van der Waals surface area contributed by atoms with E-state index < -0.39 is 6.43 Å². The van der Waals surface area contributed by atoms with Gasteiger partial charge < -0.3 is 14.8 Å². The normalized spacial score (nSPS) is 15.4. The Kier molecular flexibility index (Phi) is 3.99. The van der Waals surface area contributed by atoms with Crippen molar-refractivity contribution in [2.45, 2.75) is 6.43 Å². The number of halogens is 2. The van der Waals surface area contributed by atoms with E-state index in [1.54, 1.807) is 12.3 Å². The zero-order valence-electron chi connectivity index (χ0n) is 11.7. The number of hydrogen-bond donors (Lipinski definition) is 1. The minimum atomic E-state index is -2.59. The molecule has 1 saturated heterocycles. The van der Waals surface area contributed by atoms with Crippen molar-refractivity contribution in [3.63, 3.8) is 0 Å². The van der Waals surface area contributed by atoms with Gasteiger partial charge in [0.05, 0.1) is 5.69 Å². The Hall–Kier alpha value is -2.51. The third-order valence-electron chi connectivity index (χ3n) is 3.63. The molecule has 6 nitrogen and oxygen atoms in total. The summed E-state index contributed by atoms with van der Waals surface area (Å²) < 4.78 is 25.4. The molecule has 2 aromatic heterocycles. The lowest BCUT2D eigenvalue weighted by atomic mass is 10.2. The number of aromatic amines is 1. The van der Waals surface area contributed by atoms with Gasteiger partial charge in [0.2, 0.25) is 5.56 Å². The van der Waals surface area contributed by atoms with Gasteiger partial charge in [0.15, 0.2) is 0 Å². The average molecular weight is 307 g/mol. The van der Waals surface area contributed by atoms with Crippen molar-refractivity contribution >= 4 is 11.5 Å². The van der Waals surface area contributed by atoms with Crippen LogP contribution in [0.25, 0.3) is 0 Å². The van der Waals surface area contributed by atoms with Crippen LogP contribution >= 0.6 is 0 Å². The number of alkyl halides is 2. The molecule has 0 aromatic carbocycles. The molecule has 0 radical (unpaired) electrons. The predicted molar refractivity (Wildman–Crippen MR) is 78.5 cm³/mol. The molecule has 2 aromatic rings. The molecule has 1 aliphatic rings. The van der Waals surface area contributed by atoms with Gasteiger partial charge in [0.25, 0.3) is 6.43 Å². The highest BCUT2D eigenvalue weighted by molar-refractivity contribution is 5.47. The second-order valence-electron chi connectivity index (χ2n) is 4.99. The monoisotopic (exact) mass is 307 g/mol. The van der Waals surface area contributed by atoms with Crippen LogP contribution in [-0.4, -0.2) is 41.1 Å². The fourth-order valence-corrected chi connectivity index (χ4v) is 2.45. The molecule has 0 spiro atoms. The van der Waals surface area contributed by atoms with E-state index in [1.165, 1.54) is 18.5 Å². The molecular weight excluding hydrogens is 292 g/mol. The first-order valence-corrected chi connectivity index (χ1v) is 6.92. The van der Waals surface area contributed by atoms with E-state index in [-0.39, 0.29) is 11.3 Å². The van der Waals surface area contributed by atoms with Crippen molar-refractivity contribution in [1.29, 1.82) is 0 Å². The molecule has 0 saturated carbocycles. The molecule has 0 amide bonds. The van der Waals surface area contributed by atoms with Crippen LogP contribution in [0.15, 0.2) is 35.5 Å². The number of rotatable bonds is 3. The van der Waals surface area contributed by atoms with Gasteiger partial charge in [-0.1, -0.05) is 0 Å². The van der Waals surface area contributed by atoms with E-state index in [0.717, 1.165) is 18.8 Å². The Morgan fingerprint density at radius 1 is 1.09 bits per heavy atom. The number of aromatic nitrogens is 3. The Labute approximate surface area is 125 Å². The summed E-state index contributed by atoms with van der Waals surface area (Å²) in [6, 6.07) is 4.59. The lowest BCUT2D eigenvalue weighted by Crippen LogP contribution is -2.47. The number of nitrogens with one attached hydrogen (secondary N) is 1. The molecule has 0 atom stereocenters. The van der Waals surface area contributed by atoms with Crippen molar-refractivity contribution < 1.29 is 8.78 Å². The van der Waals surface area contributed by atoms with Crippen molar-refractivity contribution in [1.82, 2.24) is 15.0 Å². The Balaban J connectivity index is 1.67. The summed E-state index contributed by atoms with van der Waals surface area (Å²) in [4.78, 5) is 25.4. The minimum Gasteiger partial charge on any atom is -0.367 e. The van der Waals surface area contributed by atoms with Crippen LogP contribution in [0.5, 0.6) is 0 Å². The standard InChI is InChI=1S/C14H15F2N5O/c15-14(16)11-7-12(19-9-18-11)21-5-3-20(4-6-21)10-1-2-13(22)17-8-10/h1-2,7-9,14H,3-6H2,(H,17,22). The van der Waals surface area contributed by atoms with Crippen LogP contribution in [0.4, 0.5) is 20.3 Å². The molecule has 1 N–H and O–H groups in total. The molecule has 22 heavy (non-hydrogen) atoms. The van der Waals surface area contributed by atoms with Crippen LogP contribution in [-0.2, 0) is 0 Å². The highest BCUT2D eigenvalue weighted by Gasteiger charge is 2.20. The fraction of sp³-hybridized carbons (Fsp3) is 0.357. The molecule has 0 unspecified atom stereocenters. The first kappa shape index (κ1) is 14.4. The van der Waals surface area contributed by atoms with E-state index in [0.29, 0.717) is 18.9 Å². The predicted octanol–water partition coefficient (Wildman–Crippen LogP) is 1.43. The van der Waals surface area contributed by atoms with Crippen molar-refractivity contribution in [3.8, 4) is 0 Å². The van der Waals surface area contributed by atoms with Crippen LogP contribution in [0, 0.1) is 0 Å². The summed E-state index contributed by atoms with van der Waals surface area (Å²) >= 11 is 0. The largest absolute Gasteiger partial charge is 0.367 e. The van der Waals surface area contributed by atoms with Gasteiger partial charge in [-0.25, -0.2) is 18.7 Å². The van der Waals surface area contributed by atoms with E-state index >= 15 is 0 Å². The summed E-state index contributed by atoms with van der Waals surface area (Å²) in [7, 11) is 0. The molecule has 0 bridgehead atoms. The highest BCUT2D eigenvalue weighted by atomic mass is 19.3. The first-order valence-electron chi connectivity index (χ1n) is 6.92. The first-order chi connectivity index (χ1) is 10.6. The van der Waals surface area contributed by atoms with Crippen molar-refractivity contribution in [2.75, 3.05) is 36.0 Å². The van der Waals surface area contributed by atoms with E-state index in [1.807, 2.05) is 4.90 Å². The van der Waals surface area contributed by atoms with Gasteiger partial charge in [-0.2, -0.15) is 0 Å². The van der Waals surface area contributed by atoms with Crippen LogP contribution < -0.4 is 15.4 Å². The quantitative estimate of drug-likeness (QED) is 0.929. The summed E-state index contributed by atoms with van der Waals surface area (Å²) in [5, 5.41) is 0. The van der Waals surface area contributed by atoms with E-state index in [4.69, 9.17) is 0 Å².